The maximum atomic E-state index is 9.70. The van der Waals surface area contributed by atoms with Crippen LogP contribution >= 0.6 is 0 Å². The molecule has 2 atom stereocenters. The minimum Gasteiger partial charge on any atom is -0.388 e. The molecule has 1 aromatic carbocycles. The molecule has 1 N–H and O–H groups in total. The van der Waals surface area contributed by atoms with Crippen molar-refractivity contribution in [1.82, 2.24) is 0 Å². The SMILES string of the molecule is CCC(C)N(C)c1ccc([C@H](O)CC)cc1. The standard InChI is InChI=1S/C14H23NO/c1-5-11(3)15(4)13-9-7-12(8-10-13)14(16)6-2/h7-11,14,16H,5-6H2,1-4H3/t11?,14-/m1/s1. The Bertz CT molecular complexity index is 307. The first-order valence-electron chi connectivity index (χ1n) is 6.11. The van der Waals surface area contributed by atoms with Crippen LogP contribution in [0.2, 0.25) is 0 Å². The summed E-state index contributed by atoms with van der Waals surface area (Å²) in [6, 6.07) is 8.74. The minimum absolute atomic E-state index is 0.331. The van der Waals surface area contributed by atoms with Crippen LogP contribution in [0.1, 0.15) is 45.3 Å². The van der Waals surface area contributed by atoms with Gasteiger partial charge in [-0.1, -0.05) is 26.0 Å². The van der Waals surface area contributed by atoms with E-state index < -0.39 is 0 Å². The highest BCUT2D eigenvalue weighted by Gasteiger charge is 2.09. The van der Waals surface area contributed by atoms with E-state index in [-0.39, 0.29) is 6.10 Å². The number of anilines is 1. The monoisotopic (exact) mass is 221 g/mol. The van der Waals surface area contributed by atoms with Gasteiger partial charge in [-0.25, -0.2) is 0 Å². The molecule has 90 valence electrons. The number of nitrogens with zero attached hydrogens (tertiary/aromatic N) is 1. The van der Waals surface area contributed by atoms with Crippen LogP contribution in [0.25, 0.3) is 0 Å². The molecule has 0 aromatic heterocycles. The van der Waals surface area contributed by atoms with E-state index in [9.17, 15) is 5.11 Å². The second-order valence-corrected chi connectivity index (χ2v) is 4.38. The fourth-order valence-corrected chi connectivity index (χ4v) is 1.70. The molecule has 0 saturated carbocycles. The van der Waals surface area contributed by atoms with Crippen molar-refractivity contribution in [1.29, 1.82) is 0 Å². The van der Waals surface area contributed by atoms with E-state index in [4.69, 9.17) is 0 Å². The molecule has 2 nitrogen and oxygen atoms in total. The predicted octanol–water partition coefficient (Wildman–Crippen LogP) is 3.36. The quantitative estimate of drug-likeness (QED) is 0.824. The Morgan fingerprint density at radius 3 is 2.12 bits per heavy atom. The summed E-state index contributed by atoms with van der Waals surface area (Å²) in [7, 11) is 2.11. The van der Waals surface area contributed by atoms with E-state index in [1.807, 2.05) is 19.1 Å². The highest BCUT2D eigenvalue weighted by Crippen LogP contribution is 2.21. The van der Waals surface area contributed by atoms with Gasteiger partial charge in [0, 0.05) is 18.8 Å². The highest BCUT2D eigenvalue weighted by atomic mass is 16.3. The Balaban J connectivity index is 2.78. The molecule has 1 rings (SSSR count). The molecular formula is C14H23NO. The van der Waals surface area contributed by atoms with Crippen LogP contribution in [0.4, 0.5) is 5.69 Å². The Morgan fingerprint density at radius 1 is 1.12 bits per heavy atom. The zero-order valence-corrected chi connectivity index (χ0v) is 10.8. The van der Waals surface area contributed by atoms with Gasteiger partial charge in [0.25, 0.3) is 0 Å². The molecule has 0 aliphatic heterocycles. The van der Waals surface area contributed by atoms with E-state index in [2.05, 4.69) is 37.9 Å². The first-order chi connectivity index (χ1) is 7.60. The second kappa shape index (κ2) is 5.90. The summed E-state index contributed by atoms with van der Waals surface area (Å²) in [4.78, 5) is 2.27. The predicted molar refractivity (Wildman–Crippen MR) is 69.8 cm³/mol. The lowest BCUT2D eigenvalue weighted by Gasteiger charge is -2.26. The Morgan fingerprint density at radius 2 is 1.69 bits per heavy atom. The van der Waals surface area contributed by atoms with Gasteiger partial charge >= 0.3 is 0 Å². The van der Waals surface area contributed by atoms with Gasteiger partial charge in [-0.05, 0) is 37.5 Å². The Labute approximate surface area is 98.9 Å². The molecule has 0 spiro atoms. The normalized spacial score (nSPS) is 14.6. The molecule has 0 amide bonds. The van der Waals surface area contributed by atoms with Crippen molar-refractivity contribution in [2.24, 2.45) is 0 Å². The van der Waals surface area contributed by atoms with Gasteiger partial charge in [0.1, 0.15) is 0 Å². The summed E-state index contributed by atoms with van der Waals surface area (Å²) in [5.74, 6) is 0. The summed E-state index contributed by atoms with van der Waals surface area (Å²) in [6.45, 7) is 6.40. The first kappa shape index (κ1) is 13.0. The number of aliphatic hydroxyl groups is 1. The molecular weight excluding hydrogens is 198 g/mol. The maximum absolute atomic E-state index is 9.70. The molecule has 0 bridgehead atoms. The van der Waals surface area contributed by atoms with Crippen LogP contribution < -0.4 is 4.90 Å². The van der Waals surface area contributed by atoms with Crippen LogP contribution in [-0.2, 0) is 0 Å². The lowest BCUT2D eigenvalue weighted by Crippen LogP contribution is -2.27. The van der Waals surface area contributed by atoms with Crippen molar-refractivity contribution < 1.29 is 5.11 Å². The molecule has 0 aliphatic carbocycles. The van der Waals surface area contributed by atoms with Crippen LogP contribution in [0.5, 0.6) is 0 Å². The number of hydrogen-bond acceptors (Lipinski definition) is 2. The third kappa shape index (κ3) is 2.99. The van der Waals surface area contributed by atoms with E-state index in [1.54, 1.807) is 0 Å². The lowest BCUT2D eigenvalue weighted by atomic mass is 10.1. The first-order valence-corrected chi connectivity index (χ1v) is 6.11. The van der Waals surface area contributed by atoms with Gasteiger partial charge in [-0.2, -0.15) is 0 Å². The van der Waals surface area contributed by atoms with Crippen molar-refractivity contribution in [2.45, 2.75) is 45.8 Å². The molecule has 2 heteroatoms. The van der Waals surface area contributed by atoms with Gasteiger partial charge in [0.2, 0.25) is 0 Å². The van der Waals surface area contributed by atoms with E-state index in [1.165, 1.54) is 5.69 Å². The van der Waals surface area contributed by atoms with E-state index >= 15 is 0 Å². The Kier molecular flexibility index (Phi) is 4.81. The summed E-state index contributed by atoms with van der Waals surface area (Å²) < 4.78 is 0. The average Bonchev–Trinajstić information content (AvgIpc) is 2.36. The van der Waals surface area contributed by atoms with Crippen molar-refractivity contribution in [3.05, 3.63) is 29.8 Å². The van der Waals surface area contributed by atoms with E-state index in [0.29, 0.717) is 6.04 Å². The van der Waals surface area contributed by atoms with E-state index in [0.717, 1.165) is 18.4 Å². The molecule has 0 saturated heterocycles. The zero-order chi connectivity index (χ0) is 12.1. The third-order valence-electron chi connectivity index (χ3n) is 3.32. The second-order valence-electron chi connectivity index (χ2n) is 4.38. The van der Waals surface area contributed by atoms with Crippen molar-refractivity contribution in [2.75, 3.05) is 11.9 Å². The zero-order valence-electron chi connectivity index (χ0n) is 10.8. The topological polar surface area (TPSA) is 23.5 Å². The summed E-state index contributed by atoms with van der Waals surface area (Å²) in [5.41, 5.74) is 2.21. The molecule has 1 aromatic rings. The minimum atomic E-state index is -0.331. The van der Waals surface area contributed by atoms with Gasteiger partial charge in [-0.15, -0.1) is 0 Å². The molecule has 0 radical (unpaired) electrons. The van der Waals surface area contributed by atoms with Crippen LogP contribution in [0, 0.1) is 0 Å². The lowest BCUT2D eigenvalue weighted by molar-refractivity contribution is 0.173. The largest absolute Gasteiger partial charge is 0.388 e. The summed E-state index contributed by atoms with van der Waals surface area (Å²) in [5, 5.41) is 9.70. The van der Waals surface area contributed by atoms with Crippen LogP contribution in [0.15, 0.2) is 24.3 Å². The molecule has 0 aliphatic rings. The number of hydrogen-bond donors (Lipinski definition) is 1. The van der Waals surface area contributed by atoms with Crippen LogP contribution in [-0.4, -0.2) is 18.2 Å². The Hall–Kier alpha value is -1.02. The molecule has 0 heterocycles. The number of rotatable bonds is 5. The van der Waals surface area contributed by atoms with Crippen LogP contribution in [0.3, 0.4) is 0 Å². The molecule has 16 heavy (non-hydrogen) atoms. The number of benzene rings is 1. The summed E-state index contributed by atoms with van der Waals surface area (Å²) >= 11 is 0. The van der Waals surface area contributed by atoms with Crippen molar-refractivity contribution in [3.63, 3.8) is 0 Å². The summed E-state index contributed by atoms with van der Waals surface area (Å²) in [6.07, 6.45) is 1.57. The molecule has 0 fully saturated rings. The van der Waals surface area contributed by atoms with Crippen molar-refractivity contribution >= 4 is 5.69 Å². The highest BCUT2D eigenvalue weighted by molar-refractivity contribution is 5.47. The average molecular weight is 221 g/mol. The smallest absolute Gasteiger partial charge is 0.0787 e. The fraction of sp³-hybridized carbons (Fsp3) is 0.571. The number of aliphatic hydroxyl groups excluding tert-OH is 1. The fourth-order valence-electron chi connectivity index (χ4n) is 1.70. The maximum Gasteiger partial charge on any atom is 0.0787 e. The van der Waals surface area contributed by atoms with Gasteiger partial charge in [0.05, 0.1) is 6.10 Å². The van der Waals surface area contributed by atoms with Crippen molar-refractivity contribution in [3.8, 4) is 0 Å². The third-order valence-corrected chi connectivity index (χ3v) is 3.32. The molecule has 1 unspecified atom stereocenters. The van der Waals surface area contributed by atoms with Gasteiger partial charge in [-0.3, -0.25) is 0 Å². The van der Waals surface area contributed by atoms with Gasteiger partial charge in [0.15, 0.2) is 0 Å². The van der Waals surface area contributed by atoms with Gasteiger partial charge < -0.3 is 10.0 Å².